The quantitative estimate of drug-likeness (QED) is 0.900. The molecule has 1 aromatic rings. The van der Waals surface area contributed by atoms with Crippen LogP contribution < -0.4 is 0 Å². The van der Waals surface area contributed by atoms with Gasteiger partial charge in [-0.05, 0) is 26.3 Å². The lowest BCUT2D eigenvalue weighted by Gasteiger charge is -2.35. The van der Waals surface area contributed by atoms with E-state index in [1.165, 1.54) is 0 Å². The maximum absolute atomic E-state index is 11.3. The van der Waals surface area contributed by atoms with Crippen molar-refractivity contribution in [2.45, 2.75) is 58.0 Å². The summed E-state index contributed by atoms with van der Waals surface area (Å²) in [5.74, 6) is 0.530. The van der Waals surface area contributed by atoms with E-state index in [0.717, 1.165) is 19.4 Å². The van der Waals surface area contributed by atoms with Crippen molar-refractivity contribution in [2.24, 2.45) is 0 Å². The predicted molar refractivity (Wildman–Crippen MR) is 68.8 cm³/mol. The lowest BCUT2D eigenvalue weighted by atomic mass is 10.0. The fraction of sp³-hybridized carbons (Fsp3) is 0.769. The third-order valence-corrected chi connectivity index (χ3v) is 3.63. The minimum Gasteiger partial charge on any atom is -0.480 e. The second-order valence-electron chi connectivity index (χ2n) is 5.40. The third-order valence-electron chi connectivity index (χ3n) is 3.63. The molecule has 2 heterocycles. The van der Waals surface area contributed by atoms with Crippen molar-refractivity contribution in [1.29, 1.82) is 0 Å². The Bertz CT molecular complexity index is 444. The number of aromatic nitrogens is 2. The van der Waals surface area contributed by atoms with Crippen molar-refractivity contribution in [2.75, 3.05) is 6.54 Å². The molecule has 1 aliphatic heterocycles. The highest BCUT2D eigenvalue weighted by molar-refractivity contribution is 5.73. The van der Waals surface area contributed by atoms with Crippen molar-refractivity contribution < 1.29 is 14.3 Å². The van der Waals surface area contributed by atoms with Gasteiger partial charge in [0.15, 0.2) is 0 Å². The number of carbonyl (C=O) groups is 1. The molecular weight excluding hydrogens is 246 g/mol. The maximum atomic E-state index is 11.3. The number of likely N-dealkylation sites (tertiary alicyclic amines) is 1. The molecule has 1 saturated heterocycles. The van der Waals surface area contributed by atoms with Crippen LogP contribution in [0, 0.1) is 0 Å². The summed E-state index contributed by atoms with van der Waals surface area (Å²) in [5.41, 5.74) is 0. The predicted octanol–water partition coefficient (Wildman–Crippen LogP) is 2.19. The number of hydrogen-bond donors (Lipinski definition) is 1. The summed E-state index contributed by atoms with van der Waals surface area (Å²) in [5, 5.41) is 17.4. The molecule has 0 saturated carbocycles. The molecule has 19 heavy (non-hydrogen) atoms. The zero-order valence-corrected chi connectivity index (χ0v) is 11.7. The van der Waals surface area contributed by atoms with Crippen LogP contribution in [0.4, 0.5) is 0 Å². The number of aliphatic carboxylic acids is 1. The van der Waals surface area contributed by atoms with Gasteiger partial charge in [0, 0.05) is 5.92 Å². The summed E-state index contributed by atoms with van der Waals surface area (Å²) in [6.45, 7) is 6.67. The lowest BCUT2D eigenvalue weighted by Crippen LogP contribution is -2.45. The van der Waals surface area contributed by atoms with Crippen LogP contribution in [0.3, 0.4) is 0 Å². The summed E-state index contributed by atoms with van der Waals surface area (Å²) in [7, 11) is 0. The summed E-state index contributed by atoms with van der Waals surface area (Å²) < 4.78 is 5.63. The van der Waals surface area contributed by atoms with E-state index in [4.69, 9.17) is 4.42 Å². The Balaban J connectivity index is 2.16. The van der Waals surface area contributed by atoms with Gasteiger partial charge in [0.1, 0.15) is 6.04 Å². The van der Waals surface area contributed by atoms with Crippen LogP contribution in [0.5, 0.6) is 0 Å². The van der Waals surface area contributed by atoms with Crippen LogP contribution in [0.25, 0.3) is 0 Å². The fourth-order valence-corrected chi connectivity index (χ4v) is 2.47. The highest BCUT2D eigenvalue weighted by atomic mass is 16.4. The van der Waals surface area contributed by atoms with E-state index >= 15 is 0 Å². The van der Waals surface area contributed by atoms with Crippen molar-refractivity contribution in [3.8, 4) is 0 Å². The molecular formula is C13H21N3O3. The average Bonchev–Trinajstić information content (AvgIpc) is 2.87. The number of nitrogens with zero attached hydrogens (tertiary/aromatic N) is 3. The Morgan fingerprint density at radius 3 is 2.58 bits per heavy atom. The molecule has 0 amide bonds. The van der Waals surface area contributed by atoms with Crippen LogP contribution in [0.2, 0.25) is 0 Å². The molecule has 1 N–H and O–H groups in total. The Morgan fingerprint density at radius 2 is 2.00 bits per heavy atom. The molecule has 1 aliphatic rings. The molecule has 2 rings (SSSR count). The Kier molecular flexibility index (Phi) is 4.19. The average molecular weight is 267 g/mol. The molecule has 6 nitrogen and oxygen atoms in total. The molecule has 0 spiro atoms. The Labute approximate surface area is 112 Å². The van der Waals surface area contributed by atoms with E-state index in [0.29, 0.717) is 18.2 Å². The van der Waals surface area contributed by atoms with E-state index in [1.807, 2.05) is 25.7 Å². The molecule has 0 aromatic carbocycles. The van der Waals surface area contributed by atoms with E-state index in [-0.39, 0.29) is 12.0 Å². The first-order valence-electron chi connectivity index (χ1n) is 6.82. The topological polar surface area (TPSA) is 79.5 Å². The van der Waals surface area contributed by atoms with E-state index in [2.05, 4.69) is 10.2 Å². The summed E-state index contributed by atoms with van der Waals surface area (Å²) >= 11 is 0. The molecule has 0 radical (unpaired) electrons. The van der Waals surface area contributed by atoms with Gasteiger partial charge in [-0.2, -0.15) is 0 Å². The zero-order chi connectivity index (χ0) is 14.0. The minimum absolute atomic E-state index is 0.151. The van der Waals surface area contributed by atoms with E-state index < -0.39 is 12.0 Å². The third kappa shape index (κ3) is 2.94. The molecule has 1 aromatic heterocycles. The van der Waals surface area contributed by atoms with Crippen molar-refractivity contribution in [3.63, 3.8) is 0 Å². The van der Waals surface area contributed by atoms with Gasteiger partial charge < -0.3 is 9.52 Å². The van der Waals surface area contributed by atoms with Gasteiger partial charge in [-0.15, -0.1) is 10.2 Å². The van der Waals surface area contributed by atoms with Gasteiger partial charge in [0.2, 0.25) is 11.8 Å². The number of rotatable bonds is 4. The number of carboxylic acids is 1. The molecule has 2 atom stereocenters. The number of hydrogen-bond acceptors (Lipinski definition) is 5. The number of carboxylic acid groups (broad SMARTS) is 1. The first-order valence-corrected chi connectivity index (χ1v) is 6.82. The molecule has 106 valence electrons. The standard InChI is InChI=1S/C13H21N3O3/c1-8(2)11-14-15-12(19-11)9(3)16-7-5-4-6-10(16)13(17)18/h8-10H,4-7H2,1-3H3,(H,17,18)/t9-,10-/m0/s1. The highest BCUT2D eigenvalue weighted by Gasteiger charge is 2.34. The second kappa shape index (κ2) is 5.69. The van der Waals surface area contributed by atoms with Gasteiger partial charge in [0.05, 0.1) is 6.04 Å². The number of piperidine rings is 1. The van der Waals surface area contributed by atoms with Gasteiger partial charge in [-0.3, -0.25) is 9.69 Å². The van der Waals surface area contributed by atoms with Gasteiger partial charge in [0.25, 0.3) is 0 Å². The smallest absolute Gasteiger partial charge is 0.320 e. The van der Waals surface area contributed by atoms with Crippen LogP contribution >= 0.6 is 0 Å². The zero-order valence-electron chi connectivity index (χ0n) is 11.7. The van der Waals surface area contributed by atoms with Crippen LogP contribution in [-0.2, 0) is 4.79 Å². The molecule has 0 bridgehead atoms. The molecule has 0 unspecified atom stereocenters. The van der Waals surface area contributed by atoms with Crippen LogP contribution in [-0.4, -0.2) is 38.8 Å². The maximum Gasteiger partial charge on any atom is 0.320 e. The fourth-order valence-electron chi connectivity index (χ4n) is 2.47. The van der Waals surface area contributed by atoms with Gasteiger partial charge in [-0.25, -0.2) is 0 Å². The van der Waals surface area contributed by atoms with Gasteiger partial charge >= 0.3 is 5.97 Å². The van der Waals surface area contributed by atoms with Crippen LogP contribution in [0.15, 0.2) is 4.42 Å². The SMILES string of the molecule is CC(C)c1nnc([C@H](C)N2CCCC[C@H]2C(=O)O)o1. The minimum atomic E-state index is -0.768. The van der Waals surface area contributed by atoms with Crippen molar-refractivity contribution in [1.82, 2.24) is 15.1 Å². The summed E-state index contributed by atoms with van der Waals surface area (Å²) in [4.78, 5) is 13.3. The first kappa shape index (κ1) is 14.0. The van der Waals surface area contributed by atoms with Crippen LogP contribution in [0.1, 0.15) is 63.8 Å². The molecule has 6 heteroatoms. The van der Waals surface area contributed by atoms with Crippen molar-refractivity contribution >= 4 is 5.97 Å². The highest BCUT2D eigenvalue weighted by Crippen LogP contribution is 2.28. The summed E-state index contributed by atoms with van der Waals surface area (Å²) in [6, 6.07) is -0.598. The Morgan fingerprint density at radius 1 is 1.32 bits per heavy atom. The Hall–Kier alpha value is -1.43. The second-order valence-corrected chi connectivity index (χ2v) is 5.40. The molecule has 0 aliphatic carbocycles. The normalized spacial score (nSPS) is 22.6. The molecule has 1 fully saturated rings. The summed E-state index contributed by atoms with van der Waals surface area (Å²) in [6.07, 6.45) is 2.66. The first-order chi connectivity index (χ1) is 9.00. The lowest BCUT2D eigenvalue weighted by molar-refractivity contribution is -0.146. The van der Waals surface area contributed by atoms with E-state index in [9.17, 15) is 9.90 Å². The monoisotopic (exact) mass is 267 g/mol. The van der Waals surface area contributed by atoms with E-state index in [1.54, 1.807) is 0 Å². The van der Waals surface area contributed by atoms with Crippen molar-refractivity contribution in [3.05, 3.63) is 11.8 Å². The van der Waals surface area contributed by atoms with Gasteiger partial charge in [-0.1, -0.05) is 20.3 Å². The largest absolute Gasteiger partial charge is 0.480 e.